The fourth-order valence-electron chi connectivity index (χ4n) is 3.45. The fourth-order valence-corrected chi connectivity index (χ4v) is 3.45. The Morgan fingerprint density at radius 3 is 2.67 bits per heavy atom. The van der Waals surface area contributed by atoms with Crippen LogP contribution in [0.3, 0.4) is 0 Å². The molecule has 11 heteroatoms. The lowest BCUT2D eigenvalue weighted by atomic mass is 10.1. The minimum absolute atomic E-state index is 0.0206. The van der Waals surface area contributed by atoms with E-state index < -0.39 is 35.3 Å². The van der Waals surface area contributed by atoms with Crippen molar-refractivity contribution in [1.82, 2.24) is 18.9 Å². The lowest BCUT2D eigenvalue weighted by molar-refractivity contribution is -0.140. The number of amides is 1. The highest BCUT2D eigenvalue weighted by molar-refractivity contribution is 5.76. The second-order valence-electron chi connectivity index (χ2n) is 6.98. The quantitative estimate of drug-likeness (QED) is 0.606. The molecule has 1 aromatic carbocycles. The number of rotatable bonds is 3. The van der Waals surface area contributed by atoms with Crippen LogP contribution in [0.25, 0.3) is 16.9 Å². The van der Waals surface area contributed by atoms with Gasteiger partial charge in [-0.3, -0.25) is 9.36 Å². The largest absolute Gasteiger partial charge is 0.419 e. The molecule has 3 heterocycles. The summed E-state index contributed by atoms with van der Waals surface area (Å²) in [7, 11) is 0. The highest BCUT2D eigenvalue weighted by Gasteiger charge is 2.34. The molecule has 1 aliphatic rings. The number of hydrogen-bond acceptors (Lipinski definition) is 3. The van der Waals surface area contributed by atoms with Gasteiger partial charge in [-0.05, 0) is 30.7 Å². The average Bonchev–Trinajstić information content (AvgIpc) is 3.30. The number of halogens is 5. The van der Waals surface area contributed by atoms with Crippen LogP contribution in [0.5, 0.6) is 0 Å². The molecule has 1 aliphatic heterocycles. The highest BCUT2D eigenvalue weighted by atomic mass is 19.4. The summed E-state index contributed by atoms with van der Waals surface area (Å²) in [5.74, 6) is -1.88. The Bertz CT molecular complexity index is 1180. The molecule has 158 valence electrons. The molecule has 0 radical (unpaired) electrons. The van der Waals surface area contributed by atoms with Crippen LogP contribution in [-0.2, 0) is 17.5 Å². The summed E-state index contributed by atoms with van der Waals surface area (Å²) < 4.78 is 68.2. The maximum absolute atomic E-state index is 13.6. The Morgan fingerprint density at radius 2 is 2.00 bits per heavy atom. The molecule has 1 atom stereocenters. The third kappa shape index (κ3) is 3.55. The van der Waals surface area contributed by atoms with Crippen LogP contribution in [0.15, 0.2) is 41.5 Å². The van der Waals surface area contributed by atoms with E-state index >= 15 is 0 Å². The van der Waals surface area contributed by atoms with E-state index in [4.69, 9.17) is 0 Å². The number of likely N-dealkylation sites (tertiary alicyclic amines) is 1. The smallest absolute Gasteiger partial charge is 0.338 e. The molecule has 30 heavy (non-hydrogen) atoms. The highest BCUT2D eigenvalue weighted by Crippen LogP contribution is 2.34. The molecule has 1 amide bonds. The molecule has 1 saturated heterocycles. The maximum atomic E-state index is 13.6. The molecule has 3 aromatic rings. The van der Waals surface area contributed by atoms with Crippen molar-refractivity contribution in [2.45, 2.75) is 25.3 Å². The van der Waals surface area contributed by atoms with Crippen LogP contribution in [0, 0.1) is 5.82 Å². The first kappa shape index (κ1) is 20.0. The molecule has 4 rings (SSSR count). The first-order valence-electron chi connectivity index (χ1n) is 9.01. The number of aromatic nitrogens is 3. The zero-order valence-corrected chi connectivity index (χ0v) is 15.4. The topological polar surface area (TPSA) is 59.6 Å². The van der Waals surface area contributed by atoms with Crippen molar-refractivity contribution >= 4 is 11.6 Å². The van der Waals surface area contributed by atoms with Gasteiger partial charge >= 0.3 is 11.9 Å². The summed E-state index contributed by atoms with van der Waals surface area (Å²) in [4.78, 5) is 30.6. The summed E-state index contributed by atoms with van der Waals surface area (Å²) in [6.45, 7) is -0.137. The van der Waals surface area contributed by atoms with Gasteiger partial charge in [-0.25, -0.2) is 23.0 Å². The van der Waals surface area contributed by atoms with Crippen LogP contribution in [0.4, 0.5) is 22.0 Å². The van der Waals surface area contributed by atoms with Crippen molar-refractivity contribution in [1.29, 1.82) is 0 Å². The summed E-state index contributed by atoms with van der Waals surface area (Å²) in [5, 5.41) is 0. The van der Waals surface area contributed by atoms with Gasteiger partial charge in [0.1, 0.15) is 24.2 Å². The number of nitrogens with zero attached hydrogens (tertiary/aromatic N) is 4. The van der Waals surface area contributed by atoms with E-state index in [0.717, 1.165) is 15.0 Å². The number of carbonyl (C=O) groups excluding carboxylic acids is 1. The van der Waals surface area contributed by atoms with Gasteiger partial charge in [0.05, 0.1) is 24.0 Å². The van der Waals surface area contributed by atoms with E-state index in [9.17, 15) is 31.5 Å². The minimum Gasteiger partial charge on any atom is -0.338 e. The molecule has 0 bridgehead atoms. The van der Waals surface area contributed by atoms with Crippen molar-refractivity contribution in [2.75, 3.05) is 13.1 Å². The van der Waals surface area contributed by atoms with Crippen molar-refractivity contribution in [3.63, 3.8) is 0 Å². The molecular weight excluding hydrogens is 411 g/mol. The van der Waals surface area contributed by atoms with Gasteiger partial charge in [0.25, 0.3) is 0 Å². The van der Waals surface area contributed by atoms with Gasteiger partial charge in [0, 0.05) is 18.3 Å². The summed E-state index contributed by atoms with van der Waals surface area (Å²) >= 11 is 0. The van der Waals surface area contributed by atoms with E-state index in [1.165, 1.54) is 23.4 Å². The predicted octanol–water partition coefficient (Wildman–Crippen LogP) is 2.89. The van der Waals surface area contributed by atoms with Gasteiger partial charge in [0.2, 0.25) is 5.91 Å². The molecule has 2 aromatic heterocycles. The van der Waals surface area contributed by atoms with Gasteiger partial charge in [0.15, 0.2) is 0 Å². The normalized spacial score (nSPS) is 17.1. The maximum Gasteiger partial charge on any atom is 0.419 e. The number of imidazole rings is 1. The first-order valence-corrected chi connectivity index (χ1v) is 9.01. The van der Waals surface area contributed by atoms with Crippen molar-refractivity contribution in [3.05, 3.63) is 58.5 Å². The Kier molecular flexibility index (Phi) is 4.83. The Hall–Kier alpha value is -3.24. The Morgan fingerprint density at radius 1 is 1.23 bits per heavy atom. The van der Waals surface area contributed by atoms with Gasteiger partial charge in [-0.2, -0.15) is 13.2 Å². The fraction of sp³-hybridized carbons (Fsp3) is 0.316. The molecule has 1 fully saturated rings. The summed E-state index contributed by atoms with van der Waals surface area (Å²) in [6, 6.07) is 3.81. The molecule has 0 saturated carbocycles. The number of hydrogen-bond donors (Lipinski definition) is 0. The van der Waals surface area contributed by atoms with Crippen LogP contribution in [0.2, 0.25) is 0 Å². The van der Waals surface area contributed by atoms with Crippen molar-refractivity contribution in [2.24, 2.45) is 0 Å². The third-order valence-corrected chi connectivity index (χ3v) is 4.99. The van der Waals surface area contributed by atoms with E-state index in [1.807, 2.05) is 0 Å². The van der Waals surface area contributed by atoms with Gasteiger partial charge in [-0.1, -0.05) is 0 Å². The number of alkyl halides is 4. The molecule has 6 nitrogen and oxygen atoms in total. The van der Waals surface area contributed by atoms with Crippen LogP contribution in [0.1, 0.15) is 12.0 Å². The monoisotopic (exact) mass is 426 g/mol. The summed E-state index contributed by atoms with van der Waals surface area (Å²) in [6.07, 6.45) is -3.24. The van der Waals surface area contributed by atoms with Crippen molar-refractivity contribution in [3.8, 4) is 11.3 Å². The molecule has 0 spiro atoms. The zero-order valence-electron chi connectivity index (χ0n) is 15.4. The van der Waals surface area contributed by atoms with E-state index in [1.54, 1.807) is 0 Å². The molecule has 1 unspecified atom stereocenters. The minimum atomic E-state index is -4.91. The Balaban J connectivity index is 1.74. The van der Waals surface area contributed by atoms with Crippen LogP contribution in [-0.4, -0.2) is 44.0 Å². The predicted molar refractivity (Wildman–Crippen MR) is 95.9 cm³/mol. The Labute approximate surface area is 166 Å². The number of benzene rings is 1. The first-order chi connectivity index (χ1) is 14.1. The molecule has 0 N–H and O–H groups in total. The molecule has 0 aliphatic carbocycles. The SMILES string of the molecule is O=C(Cn1ccc2ncc(-c3ccc(F)c(C(F)(F)F)c3)n2c1=O)N1CCC(F)C1. The molecular formula is C19H15F5N4O2. The zero-order chi connectivity index (χ0) is 21.6. The average molecular weight is 426 g/mol. The number of fused-ring (bicyclic) bond motifs is 1. The number of carbonyl (C=O) groups is 1. The van der Waals surface area contributed by atoms with E-state index in [-0.39, 0.29) is 43.0 Å². The van der Waals surface area contributed by atoms with E-state index in [2.05, 4.69) is 4.98 Å². The second-order valence-corrected chi connectivity index (χ2v) is 6.98. The second kappa shape index (κ2) is 7.22. The van der Waals surface area contributed by atoms with Gasteiger partial charge < -0.3 is 4.90 Å². The van der Waals surface area contributed by atoms with Crippen LogP contribution < -0.4 is 5.69 Å². The third-order valence-electron chi connectivity index (χ3n) is 4.99. The van der Waals surface area contributed by atoms with Crippen LogP contribution >= 0.6 is 0 Å². The lowest BCUT2D eigenvalue weighted by Crippen LogP contribution is -2.36. The van der Waals surface area contributed by atoms with E-state index in [0.29, 0.717) is 12.1 Å². The lowest BCUT2D eigenvalue weighted by Gasteiger charge is -2.16. The van der Waals surface area contributed by atoms with Gasteiger partial charge in [-0.15, -0.1) is 0 Å². The standard InChI is InChI=1S/C19H15F5N4O2/c20-12-3-5-26(9-12)17(29)10-27-6-4-16-25-8-15(28(16)18(27)30)11-1-2-14(21)13(7-11)19(22,23)24/h1-2,4,6-8,12H,3,5,9-10H2. The van der Waals surface area contributed by atoms with Crippen molar-refractivity contribution < 1.29 is 26.7 Å². The summed E-state index contributed by atoms with van der Waals surface area (Å²) in [5.41, 5.74) is -2.05.